The van der Waals surface area contributed by atoms with Gasteiger partial charge >= 0.3 is 0 Å². The minimum absolute atomic E-state index is 0.214. The van der Waals surface area contributed by atoms with Gasteiger partial charge in [-0.3, -0.25) is 4.79 Å². The van der Waals surface area contributed by atoms with E-state index in [4.69, 9.17) is 11.6 Å². The van der Waals surface area contributed by atoms with Gasteiger partial charge in [0.05, 0.1) is 10.8 Å². The van der Waals surface area contributed by atoms with Crippen LogP contribution in [0.25, 0.3) is 11.4 Å². The summed E-state index contributed by atoms with van der Waals surface area (Å²) >= 11 is 7.73. The first kappa shape index (κ1) is 18.8. The van der Waals surface area contributed by atoms with E-state index in [0.717, 1.165) is 35.6 Å². The lowest BCUT2D eigenvalue weighted by Gasteiger charge is -2.41. The summed E-state index contributed by atoms with van der Waals surface area (Å²) in [6.45, 7) is 1.85. The summed E-state index contributed by atoms with van der Waals surface area (Å²) in [6.07, 6.45) is 6.49. The van der Waals surface area contributed by atoms with Crippen molar-refractivity contribution in [1.82, 2.24) is 19.7 Å². The van der Waals surface area contributed by atoms with Crippen molar-refractivity contribution in [3.8, 4) is 11.4 Å². The summed E-state index contributed by atoms with van der Waals surface area (Å²) in [5.74, 6) is 2.90. The van der Waals surface area contributed by atoms with Crippen molar-refractivity contribution in [2.45, 2.75) is 37.3 Å². The summed E-state index contributed by atoms with van der Waals surface area (Å²) in [5, 5.41) is 9.93. The Morgan fingerprint density at radius 2 is 1.96 bits per heavy atom. The van der Waals surface area contributed by atoms with Crippen molar-refractivity contribution in [2.24, 2.45) is 18.9 Å². The molecule has 1 saturated carbocycles. The smallest absolute Gasteiger partial charge is 0.233 e. The number of fused-ring (bicyclic) bond motifs is 1. The summed E-state index contributed by atoms with van der Waals surface area (Å²) in [5.41, 5.74) is 0.853. The van der Waals surface area contributed by atoms with Gasteiger partial charge in [-0.15, -0.1) is 10.2 Å². The van der Waals surface area contributed by atoms with Crippen molar-refractivity contribution in [2.75, 3.05) is 18.8 Å². The number of amides is 1. The molecule has 5 nitrogen and oxygen atoms in total. The molecule has 0 unspecified atom stereocenters. The highest BCUT2D eigenvalue weighted by Gasteiger charge is 2.32. The molecule has 1 aliphatic heterocycles. The fourth-order valence-electron chi connectivity index (χ4n) is 4.36. The van der Waals surface area contributed by atoms with Crippen molar-refractivity contribution < 1.29 is 4.79 Å². The highest BCUT2D eigenvalue weighted by atomic mass is 35.5. The average molecular weight is 405 g/mol. The molecule has 2 fully saturated rings. The Labute approximate surface area is 169 Å². The summed E-state index contributed by atoms with van der Waals surface area (Å²) in [6, 6.07) is 7.60. The predicted molar refractivity (Wildman–Crippen MR) is 109 cm³/mol. The van der Waals surface area contributed by atoms with E-state index in [1.807, 2.05) is 35.9 Å². The van der Waals surface area contributed by atoms with Crippen LogP contribution in [0, 0.1) is 11.8 Å². The lowest BCUT2D eigenvalue weighted by molar-refractivity contribution is -0.131. The quantitative estimate of drug-likeness (QED) is 0.714. The molecular weight excluding hydrogens is 380 g/mol. The Morgan fingerprint density at radius 3 is 2.78 bits per heavy atom. The molecule has 27 heavy (non-hydrogen) atoms. The second-order valence-electron chi connectivity index (χ2n) is 7.57. The number of thioether (sulfide) groups is 1. The van der Waals surface area contributed by atoms with Crippen molar-refractivity contribution in [1.29, 1.82) is 0 Å². The van der Waals surface area contributed by atoms with Gasteiger partial charge in [0, 0.05) is 25.7 Å². The van der Waals surface area contributed by atoms with E-state index in [2.05, 4.69) is 15.1 Å². The first-order valence-electron chi connectivity index (χ1n) is 9.68. The maximum Gasteiger partial charge on any atom is 0.233 e. The van der Waals surface area contributed by atoms with E-state index in [1.54, 1.807) is 0 Å². The summed E-state index contributed by atoms with van der Waals surface area (Å²) in [4.78, 5) is 14.8. The van der Waals surface area contributed by atoms with Gasteiger partial charge in [0.25, 0.3) is 0 Å². The SMILES string of the molecule is Cn1c(SCC(=O)N2CC[C@H]3CCCC[C@H]3C2)nnc1-c1ccccc1Cl. The van der Waals surface area contributed by atoms with Crippen LogP contribution >= 0.6 is 23.4 Å². The van der Waals surface area contributed by atoms with Gasteiger partial charge < -0.3 is 9.47 Å². The second-order valence-corrected chi connectivity index (χ2v) is 8.92. The molecule has 1 saturated heterocycles. The molecule has 0 radical (unpaired) electrons. The Bertz CT molecular complexity index is 824. The van der Waals surface area contributed by atoms with E-state index in [1.165, 1.54) is 43.9 Å². The normalized spacial score (nSPS) is 22.5. The lowest BCUT2D eigenvalue weighted by atomic mass is 9.75. The maximum atomic E-state index is 12.7. The molecular formula is C20H25ClN4OS. The Kier molecular flexibility index (Phi) is 5.74. The second kappa shape index (κ2) is 8.23. The van der Waals surface area contributed by atoms with Crippen LogP contribution in [0.15, 0.2) is 29.4 Å². The number of hydrogen-bond donors (Lipinski definition) is 0. The number of benzene rings is 1. The molecule has 144 valence electrons. The van der Waals surface area contributed by atoms with Crippen LogP contribution in [-0.2, 0) is 11.8 Å². The zero-order valence-corrected chi connectivity index (χ0v) is 17.2. The molecule has 1 aromatic carbocycles. The van der Waals surface area contributed by atoms with Crippen LogP contribution in [0.3, 0.4) is 0 Å². The number of carbonyl (C=O) groups excluding carboxylic acids is 1. The Balaban J connectivity index is 1.38. The van der Waals surface area contributed by atoms with E-state index < -0.39 is 0 Å². The number of rotatable bonds is 4. The van der Waals surface area contributed by atoms with Crippen LogP contribution in [0.4, 0.5) is 0 Å². The van der Waals surface area contributed by atoms with E-state index in [-0.39, 0.29) is 5.91 Å². The topological polar surface area (TPSA) is 51.0 Å². The van der Waals surface area contributed by atoms with Crippen LogP contribution in [0.5, 0.6) is 0 Å². The standard InChI is InChI=1S/C20H25ClN4OS/c1-24-19(16-8-4-5-9-17(16)21)22-23-20(24)27-13-18(26)25-11-10-14-6-2-3-7-15(14)12-25/h4-5,8-9,14-15H,2-3,6-7,10-13H2,1H3/t14-,15+/m1/s1. The number of carbonyl (C=O) groups is 1. The van der Waals surface area contributed by atoms with E-state index in [0.29, 0.717) is 16.7 Å². The van der Waals surface area contributed by atoms with Gasteiger partial charge in [-0.05, 0) is 36.8 Å². The Morgan fingerprint density at radius 1 is 1.19 bits per heavy atom. The van der Waals surface area contributed by atoms with Crippen molar-refractivity contribution in [3.63, 3.8) is 0 Å². The molecule has 1 aromatic heterocycles. The average Bonchev–Trinajstić information content (AvgIpc) is 3.06. The predicted octanol–water partition coefficient (Wildman–Crippen LogP) is 4.27. The maximum absolute atomic E-state index is 12.7. The molecule has 2 aromatic rings. The number of aromatic nitrogens is 3. The lowest BCUT2D eigenvalue weighted by Crippen LogP contribution is -2.45. The Hall–Kier alpha value is -1.53. The monoisotopic (exact) mass is 404 g/mol. The van der Waals surface area contributed by atoms with Gasteiger partial charge in [0.1, 0.15) is 0 Å². The number of piperidine rings is 1. The van der Waals surface area contributed by atoms with Crippen LogP contribution < -0.4 is 0 Å². The van der Waals surface area contributed by atoms with Gasteiger partial charge in [0.2, 0.25) is 5.91 Å². The summed E-state index contributed by atoms with van der Waals surface area (Å²) in [7, 11) is 1.92. The first-order chi connectivity index (χ1) is 13.1. The van der Waals surface area contributed by atoms with E-state index >= 15 is 0 Å². The third kappa shape index (κ3) is 4.02. The zero-order valence-electron chi connectivity index (χ0n) is 15.6. The van der Waals surface area contributed by atoms with Crippen LogP contribution in [-0.4, -0.2) is 44.4 Å². The van der Waals surface area contributed by atoms with Crippen LogP contribution in [0.2, 0.25) is 5.02 Å². The van der Waals surface area contributed by atoms with Crippen molar-refractivity contribution in [3.05, 3.63) is 29.3 Å². The minimum atomic E-state index is 0.214. The number of likely N-dealkylation sites (tertiary alicyclic amines) is 1. The number of hydrogen-bond acceptors (Lipinski definition) is 4. The fourth-order valence-corrected chi connectivity index (χ4v) is 5.40. The first-order valence-corrected chi connectivity index (χ1v) is 11.0. The zero-order chi connectivity index (χ0) is 18.8. The highest BCUT2D eigenvalue weighted by molar-refractivity contribution is 7.99. The third-order valence-electron chi connectivity index (χ3n) is 5.92. The van der Waals surface area contributed by atoms with Gasteiger partial charge in [-0.1, -0.05) is 54.8 Å². The third-order valence-corrected chi connectivity index (χ3v) is 7.25. The molecule has 0 N–H and O–H groups in total. The number of nitrogens with zero attached hydrogens (tertiary/aromatic N) is 4. The van der Waals surface area contributed by atoms with Gasteiger partial charge in [-0.25, -0.2) is 0 Å². The molecule has 1 amide bonds. The fraction of sp³-hybridized carbons (Fsp3) is 0.550. The van der Waals surface area contributed by atoms with Gasteiger partial charge in [0.15, 0.2) is 11.0 Å². The molecule has 2 atom stereocenters. The van der Waals surface area contributed by atoms with E-state index in [9.17, 15) is 4.79 Å². The molecule has 0 spiro atoms. The molecule has 4 rings (SSSR count). The van der Waals surface area contributed by atoms with Crippen molar-refractivity contribution >= 4 is 29.3 Å². The molecule has 1 aliphatic carbocycles. The highest BCUT2D eigenvalue weighted by Crippen LogP contribution is 2.36. The van der Waals surface area contributed by atoms with Gasteiger partial charge in [-0.2, -0.15) is 0 Å². The molecule has 0 bridgehead atoms. The van der Waals surface area contributed by atoms with Crippen LogP contribution in [0.1, 0.15) is 32.1 Å². The molecule has 7 heteroatoms. The molecule has 2 aliphatic rings. The molecule has 2 heterocycles. The minimum Gasteiger partial charge on any atom is -0.342 e. The largest absolute Gasteiger partial charge is 0.342 e. The summed E-state index contributed by atoms with van der Waals surface area (Å²) < 4.78 is 1.91. The number of halogens is 1.